The second-order valence-corrected chi connectivity index (χ2v) is 6.30. The van der Waals surface area contributed by atoms with E-state index >= 15 is 0 Å². The van der Waals surface area contributed by atoms with E-state index in [1.165, 1.54) is 57.8 Å². The Morgan fingerprint density at radius 2 is 1.30 bits per heavy atom. The predicted molar refractivity (Wildman–Crippen MR) is 88.6 cm³/mol. The van der Waals surface area contributed by atoms with Crippen molar-refractivity contribution in [3.8, 4) is 0 Å². The highest BCUT2D eigenvalue weighted by Gasteiger charge is 2.14. The van der Waals surface area contributed by atoms with Gasteiger partial charge in [0.1, 0.15) is 0 Å². The third-order valence-electron chi connectivity index (χ3n) is 4.52. The average Bonchev–Trinajstić information content (AvgIpc) is 2.44. The maximum atomic E-state index is 11.4. The fraction of sp³-hybridized carbons (Fsp3) is 0.944. The van der Waals surface area contributed by atoms with Crippen molar-refractivity contribution in [2.45, 2.75) is 97.8 Å². The van der Waals surface area contributed by atoms with Gasteiger partial charge in [0.05, 0.1) is 0 Å². The molecule has 0 spiro atoms. The van der Waals surface area contributed by atoms with Crippen LogP contribution < -0.4 is 5.73 Å². The van der Waals surface area contributed by atoms with Crippen molar-refractivity contribution < 1.29 is 4.79 Å². The summed E-state index contributed by atoms with van der Waals surface area (Å²) < 4.78 is 0. The van der Waals surface area contributed by atoms with Crippen LogP contribution in [0.2, 0.25) is 0 Å². The monoisotopic (exact) mass is 283 g/mol. The lowest BCUT2D eigenvalue weighted by Gasteiger charge is -2.16. The number of nitrogens with two attached hydrogens (primary N) is 1. The zero-order valence-electron chi connectivity index (χ0n) is 14.1. The summed E-state index contributed by atoms with van der Waals surface area (Å²) >= 11 is 0. The quantitative estimate of drug-likeness (QED) is 0.423. The molecule has 1 amide bonds. The summed E-state index contributed by atoms with van der Waals surface area (Å²) in [6.07, 6.45) is 14.7. The Labute approximate surface area is 126 Å². The number of hydrogen-bond donors (Lipinski definition) is 1. The van der Waals surface area contributed by atoms with Gasteiger partial charge in [0, 0.05) is 5.92 Å². The first kappa shape index (κ1) is 19.5. The zero-order valence-corrected chi connectivity index (χ0v) is 14.1. The Hall–Kier alpha value is -0.530. The smallest absolute Gasteiger partial charge is 0.220 e. The van der Waals surface area contributed by atoms with Crippen LogP contribution in [0.25, 0.3) is 0 Å². The van der Waals surface area contributed by atoms with Crippen LogP contribution in [-0.2, 0) is 4.79 Å². The zero-order chi connectivity index (χ0) is 15.2. The molecule has 0 aliphatic rings. The molecule has 2 nitrogen and oxygen atoms in total. The Morgan fingerprint density at radius 1 is 0.800 bits per heavy atom. The molecule has 0 fully saturated rings. The van der Waals surface area contributed by atoms with Crippen molar-refractivity contribution in [3.63, 3.8) is 0 Å². The molecule has 0 aromatic carbocycles. The Bertz CT molecular complexity index is 227. The van der Waals surface area contributed by atoms with Crippen LogP contribution in [-0.4, -0.2) is 5.91 Å². The molecule has 2 N–H and O–H groups in total. The van der Waals surface area contributed by atoms with Gasteiger partial charge in [-0.3, -0.25) is 4.79 Å². The molecule has 0 heterocycles. The van der Waals surface area contributed by atoms with Crippen molar-refractivity contribution in [3.05, 3.63) is 0 Å². The van der Waals surface area contributed by atoms with Gasteiger partial charge in [0.2, 0.25) is 5.91 Å². The lowest BCUT2D eigenvalue weighted by atomic mass is 9.90. The van der Waals surface area contributed by atoms with Gasteiger partial charge in [0.25, 0.3) is 0 Å². The SMILES string of the molecule is CCCCCC(CCCCC(CC)CCCC)C(N)=O. The van der Waals surface area contributed by atoms with Crippen LogP contribution in [0.1, 0.15) is 97.8 Å². The molecule has 0 saturated heterocycles. The van der Waals surface area contributed by atoms with Crippen LogP contribution in [0.15, 0.2) is 0 Å². The third-order valence-corrected chi connectivity index (χ3v) is 4.52. The molecule has 0 aromatic rings. The molecule has 2 atom stereocenters. The van der Waals surface area contributed by atoms with Crippen molar-refractivity contribution in [2.75, 3.05) is 0 Å². The highest BCUT2D eigenvalue weighted by atomic mass is 16.1. The van der Waals surface area contributed by atoms with Crippen LogP contribution in [0.5, 0.6) is 0 Å². The van der Waals surface area contributed by atoms with Gasteiger partial charge < -0.3 is 5.73 Å². The number of carbonyl (C=O) groups is 1. The summed E-state index contributed by atoms with van der Waals surface area (Å²) in [6.45, 7) is 6.76. The summed E-state index contributed by atoms with van der Waals surface area (Å²) in [5.41, 5.74) is 5.51. The van der Waals surface area contributed by atoms with Gasteiger partial charge in [-0.2, -0.15) is 0 Å². The highest BCUT2D eigenvalue weighted by molar-refractivity contribution is 5.76. The van der Waals surface area contributed by atoms with Crippen LogP contribution >= 0.6 is 0 Å². The Balaban J connectivity index is 3.78. The lowest BCUT2D eigenvalue weighted by Crippen LogP contribution is -2.23. The van der Waals surface area contributed by atoms with E-state index in [1.54, 1.807) is 0 Å². The van der Waals surface area contributed by atoms with Crippen molar-refractivity contribution in [1.29, 1.82) is 0 Å². The van der Waals surface area contributed by atoms with Gasteiger partial charge in [-0.05, 0) is 18.8 Å². The molecule has 0 bridgehead atoms. The number of unbranched alkanes of at least 4 members (excludes halogenated alkanes) is 4. The van der Waals surface area contributed by atoms with E-state index in [1.807, 2.05) is 0 Å². The molecule has 0 rings (SSSR count). The van der Waals surface area contributed by atoms with Gasteiger partial charge in [0.15, 0.2) is 0 Å². The number of carbonyl (C=O) groups excluding carboxylic acids is 1. The van der Waals surface area contributed by atoms with Gasteiger partial charge in [-0.1, -0.05) is 85.0 Å². The Morgan fingerprint density at radius 3 is 1.80 bits per heavy atom. The van der Waals surface area contributed by atoms with Crippen LogP contribution in [0.4, 0.5) is 0 Å². The first-order valence-corrected chi connectivity index (χ1v) is 8.94. The number of amides is 1. The summed E-state index contributed by atoms with van der Waals surface area (Å²) in [5, 5.41) is 0. The Kier molecular flexibility index (Phi) is 13.1. The molecular formula is C18H37NO. The highest BCUT2D eigenvalue weighted by Crippen LogP contribution is 2.22. The number of hydrogen-bond acceptors (Lipinski definition) is 1. The van der Waals surface area contributed by atoms with E-state index in [0.29, 0.717) is 0 Å². The first-order valence-electron chi connectivity index (χ1n) is 8.94. The summed E-state index contributed by atoms with van der Waals surface area (Å²) in [4.78, 5) is 11.4. The van der Waals surface area contributed by atoms with Crippen LogP contribution in [0.3, 0.4) is 0 Å². The largest absolute Gasteiger partial charge is 0.369 e. The van der Waals surface area contributed by atoms with E-state index in [9.17, 15) is 4.79 Å². The fourth-order valence-corrected chi connectivity index (χ4v) is 2.94. The van der Waals surface area contributed by atoms with E-state index < -0.39 is 0 Å². The predicted octanol–water partition coefficient (Wildman–Crippen LogP) is 5.45. The first-order chi connectivity index (χ1) is 9.65. The van der Waals surface area contributed by atoms with Crippen molar-refractivity contribution in [2.24, 2.45) is 17.6 Å². The standard InChI is InChI=1S/C18H37NO/c1-4-7-9-14-17(18(19)20)15-11-10-13-16(6-3)12-8-5-2/h16-17H,4-15H2,1-3H3,(H2,19,20). The van der Waals surface area contributed by atoms with E-state index in [2.05, 4.69) is 20.8 Å². The average molecular weight is 283 g/mol. The summed E-state index contributed by atoms with van der Waals surface area (Å²) in [5.74, 6) is 0.929. The summed E-state index contributed by atoms with van der Waals surface area (Å²) in [6, 6.07) is 0. The van der Waals surface area contributed by atoms with E-state index in [4.69, 9.17) is 5.73 Å². The maximum absolute atomic E-state index is 11.4. The maximum Gasteiger partial charge on any atom is 0.220 e. The second kappa shape index (κ2) is 13.5. The van der Waals surface area contributed by atoms with Crippen molar-refractivity contribution >= 4 is 5.91 Å². The lowest BCUT2D eigenvalue weighted by molar-refractivity contribution is -0.122. The third kappa shape index (κ3) is 10.3. The topological polar surface area (TPSA) is 43.1 Å². The molecule has 2 unspecified atom stereocenters. The molecule has 2 heteroatoms. The number of primary amides is 1. The van der Waals surface area contributed by atoms with Gasteiger partial charge in [-0.25, -0.2) is 0 Å². The van der Waals surface area contributed by atoms with Gasteiger partial charge in [-0.15, -0.1) is 0 Å². The van der Waals surface area contributed by atoms with Crippen LogP contribution in [0, 0.1) is 11.8 Å². The fourth-order valence-electron chi connectivity index (χ4n) is 2.94. The van der Waals surface area contributed by atoms with E-state index in [-0.39, 0.29) is 11.8 Å². The summed E-state index contributed by atoms with van der Waals surface area (Å²) in [7, 11) is 0. The second-order valence-electron chi connectivity index (χ2n) is 6.30. The van der Waals surface area contributed by atoms with E-state index in [0.717, 1.165) is 25.2 Å². The van der Waals surface area contributed by atoms with Crippen molar-refractivity contribution in [1.82, 2.24) is 0 Å². The minimum absolute atomic E-state index is 0.0841. The molecule has 0 radical (unpaired) electrons. The molecule has 0 aliphatic carbocycles. The number of rotatable bonds is 14. The molecule has 0 aliphatic heterocycles. The van der Waals surface area contributed by atoms with Gasteiger partial charge >= 0.3 is 0 Å². The molecule has 20 heavy (non-hydrogen) atoms. The molecular weight excluding hydrogens is 246 g/mol. The molecule has 120 valence electrons. The minimum atomic E-state index is -0.0841. The normalized spacial score (nSPS) is 14.2. The molecule has 0 saturated carbocycles. The minimum Gasteiger partial charge on any atom is -0.369 e. The molecule has 0 aromatic heterocycles.